The number of aromatic hydroxyl groups is 1. The van der Waals surface area contributed by atoms with Crippen LogP contribution in [0, 0.1) is 0 Å². The molecule has 2 aromatic rings. The minimum absolute atomic E-state index is 0.196. The van der Waals surface area contributed by atoms with Gasteiger partial charge in [-0.1, -0.05) is 0 Å². The summed E-state index contributed by atoms with van der Waals surface area (Å²) in [6.07, 6.45) is 2.95. The first-order chi connectivity index (χ1) is 7.34. The fourth-order valence-corrected chi connectivity index (χ4v) is 3.04. The lowest BCUT2D eigenvalue weighted by Crippen LogP contribution is -1.99. The number of pyridine rings is 1. The van der Waals surface area contributed by atoms with Gasteiger partial charge in [-0.15, -0.1) is 0 Å². The van der Waals surface area contributed by atoms with E-state index in [4.69, 9.17) is 0 Å². The van der Waals surface area contributed by atoms with Crippen LogP contribution < -0.4 is 0 Å². The zero-order valence-corrected chi connectivity index (χ0v) is 8.94. The largest absolute Gasteiger partial charge is 0.504 e. The summed E-state index contributed by atoms with van der Waals surface area (Å²) in [5.74, 6) is 3.79. The molecule has 0 radical (unpaired) electrons. The predicted molar refractivity (Wildman–Crippen MR) is 59.3 cm³/mol. The first-order valence-electron chi connectivity index (χ1n) is 4.96. The van der Waals surface area contributed by atoms with E-state index in [-0.39, 0.29) is 5.75 Å². The van der Waals surface area contributed by atoms with Gasteiger partial charge in [0, 0.05) is 17.9 Å². The molecule has 5 heteroatoms. The third-order valence-electron chi connectivity index (χ3n) is 2.65. The Kier molecular flexibility index (Phi) is 2.05. The second-order valence-corrected chi connectivity index (χ2v) is 4.84. The molecular formula is C10H11N3OS. The SMILES string of the molecule is Oc1cccn2nc(C3CCSC3)nc12. The highest BCUT2D eigenvalue weighted by Crippen LogP contribution is 2.31. The van der Waals surface area contributed by atoms with Crippen molar-refractivity contribution in [3.8, 4) is 5.75 Å². The first kappa shape index (κ1) is 9.03. The van der Waals surface area contributed by atoms with Crippen molar-refractivity contribution in [3.05, 3.63) is 24.2 Å². The molecule has 0 aromatic carbocycles. The number of thioether (sulfide) groups is 1. The molecule has 1 saturated heterocycles. The van der Waals surface area contributed by atoms with E-state index in [1.54, 1.807) is 16.6 Å². The monoisotopic (exact) mass is 221 g/mol. The van der Waals surface area contributed by atoms with E-state index in [9.17, 15) is 5.11 Å². The van der Waals surface area contributed by atoms with E-state index in [0.29, 0.717) is 11.6 Å². The van der Waals surface area contributed by atoms with Gasteiger partial charge < -0.3 is 5.11 Å². The summed E-state index contributed by atoms with van der Waals surface area (Å²) in [4.78, 5) is 4.38. The van der Waals surface area contributed by atoms with Crippen molar-refractivity contribution in [2.75, 3.05) is 11.5 Å². The van der Waals surface area contributed by atoms with Crippen LogP contribution in [0.5, 0.6) is 5.75 Å². The molecule has 1 atom stereocenters. The molecule has 3 heterocycles. The summed E-state index contributed by atoms with van der Waals surface area (Å²) in [5, 5.41) is 14.0. The number of nitrogens with zero attached hydrogens (tertiary/aromatic N) is 3. The van der Waals surface area contributed by atoms with Crippen LogP contribution in [0.25, 0.3) is 5.65 Å². The maximum atomic E-state index is 9.60. The molecular weight excluding hydrogens is 210 g/mol. The van der Waals surface area contributed by atoms with Gasteiger partial charge in [0.1, 0.15) is 0 Å². The number of fused-ring (bicyclic) bond motifs is 1. The van der Waals surface area contributed by atoms with Crippen LogP contribution >= 0.6 is 11.8 Å². The highest BCUT2D eigenvalue weighted by Gasteiger charge is 2.22. The highest BCUT2D eigenvalue weighted by molar-refractivity contribution is 7.99. The maximum Gasteiger partial charge on any atom is 0.197 e. The van der Waals surface area contributed by atoms with Crippen molar-refractivity contribution in [1.82, 2.24) is 14.6 Å². The van der Waals surface area contributed by atoms with Crippen LogP contribution in [0.15, 0.2) is 18.3 Å². The van der Waals surface area contributed by atoms with E-state index >= 15 is 0 Å². The summed E-state index contributed by atoms with van der Waals surface area (Å²) in [7, 11) is 0. The number of aromatic nitrogens is 3. The van der Waals surface area contributed by atoms with Crippen molar-refractivity contribution < 1.29 is 5.11 Å². The molecule has 1 aliphatic heterocycles. The van der Waals surface area contributed by atoms with Crippen LogP contribution in [-0.4, -0.2) is 31.2 Å². The van der Waals surface area contributed by atoms with E-state index < -0.39 is 0 Å². The Morgan fingerprint density at radius 2 is 2.47 bits per heavy atom. The molecule has 1 aliphatic rings. The van der Waals surface area contributed by atoms with Crippen molar-refractivity contribution in [1.29, 1.82) is 0 Å². The number of hydrogen-bond acceptors (Lipinski definition) is 4. The topological polar surface area (TPSA) is 50.4 Å². The lowest BCUT2D eigenvalue weighted by Gasteiger charge is -1.99. The Labute approximate surface area is 91.3 Å². The van der Waals surface area contributed by atoms with Gasteiger partial charge in [0.05, 0.1) is 0 Å². The van der Waals surface area contributed by atoms with Crippen LogP contribution in [0.3, 0.4) is 0 Å². The molecule has 1 N–H and O–H groups in total. The second kappa shape index (κ2) is 3.41. The summed E-state index contributed by atoms with van der Waals surface area (Å²) < 4.78 is 1.65. The van der Waals surface area contributed by atoms with Gasteiger partial charge in [0.2, 0.25) is 0 Å². The summed E-state index contributed by atoms with van der Waals surface area (Å²) in [6.45, 7) is 0. The van der Waals surface area contributed by atoms with Crippen LogP contribution in [0.4, 0.5) is 0 Å². The van der Waals surface area contributed by atoms with Crippen molar-refractivity contribution >= 4 is 17.4 Å². The predicted octanol–water partition coefficient (Wildman–Crippen LogP) is 1.66. The Hall–Kier alpha value is -1.23. The fourth-order valence-electron chi connectivity index (χ4n) is 1.82. The highest BCUT2D eigenvalue weighted by atomic mass is 32.2. The van der Waals surface area contributed by atoms with Crippen LogP contribution in [0.1, 0.15) is 18.2 Å². The van der Waals surface area contributed by atoms with E-state index in [2.05, 4.69) is 10.1 Å². The van der Waals surface area contributed by atoms with Crippen molar-refractivity contribution in [2.45, 2.75) is 12.3 Å². The Balaban J connectivity index is 2.09. The molecule has 1 fully saturated rings. The molecule has 0 bridgehead atoms. The van der Waals surface area contributed by atoms with Gasteiger partial charge in [-0.25, -0.2) is 9.50 Å². The molecule has 3 rings (SSSR count). The molecule has 0 amide bonds. The molecule has 2 aromatic heterocycles. The first-order valence-corrected chi connectivity index (χ1v) is 6.12. The summed E-state index contributed by atoms with van der Waals surface area (Å²) in [6, 6.07) is 3.40. The van der Waals surface area contributed by atoms with E-state index in [1.165, 1.54) is 5.75 Å². The van der Waals surface area contributed by atoms with E-state index in [0.717, 1.165) is 18.0 Å². The van der Waals surface area contributed by atoms with Gasteiger partial charge in [0.25, 0.3) is 0 Å². The van der Waals surface area contributed by atoms with Crippen LogP contribution in [-0.2, 0) is 0 Å². The van der Waals surface area contributed by atoms with Gasteiger partial charge >= 0.3 is 0 Å². The molecule has 0 aliphatic carbocycles. The van der Waals surface area contributed by atoms with Gasteiger partial charge in [-0.3, -0.25) is 0 Å². The normalized spacial score (nSPS) is 21.2. The maximum absolute atomic E-state index is 9.60. The molecule has 0 saturated carbocycles. The lowest BCUT2D eigenvalue weighted by atomic mass is 10.1. The third-order valence-corrected chi connectivity index (χ3v) is 3.82. The Morgan fingerprint density at radius 3 is 3.20 bits per heavy atom. The third kappa shape index (κ3) is 1.47. The number of hydrogen-bond donors (Lipinski definition) is 1. The van der Waals surface area contributed by atoms with E-state index in [1.807, 2.05) is 18.0 Å². The standard InChI is InChI=1S/C10H11N3OS/c14-8-2-1-4-13-10(8)11-9(12-13)7-3-5-15-6-7/h1-2,4,7,14H,3,5-6H2. The molecule has 78 valence electrons. The summed E-state index contributed by atoms with van der Waals surface area (Å²) >= 11 is 1.94. The molecule has 15 heavy (non-hydrogen) atoms. The zero-order chi connectivity index (χ0) is 10.3. The average molecular weight is 221 g/mol. The average Bonchev–Trinajstić information content (AvgIpc) is 2.86. The van der Waals surface area contributed by atoms with Crippen molar-refractivity contribution in [3.63, 3.8) is 0 Å². The Bertz CT molecular complexity index is 490. The zero-order valence-electron chi connectivity index (χ0n) is 8.13. The molecule has 4 nitrogen and oxygen atoms in total. The summed E-state index contributed by atoms with van der Waals surface area (Å²) in [5.41, 5.74) is 0.560. The molecule has 0 spiro atoms. The van der Waals surface area contributed by atoms with Gasteiger partial charge in [-0.05, 0) is 24.3 Å². The molecule has 1 unspecified atom stereocenters. The van der Waals surface area contributed by atoms with Gasteiger partial charge in [0.15, 0.2) is 17.2 Å². The Morgan fingerprint density at radius 1 is 1.53 bits per heavy atom. The lowest BCUT2D eigenvalue weighted by molar-refractivity contribution is 0.477. The van der Waals surface area contributed by atoms with Gasteiger partial charge in [-0.2, -0.15) is 16.9 Å². The smallest absolute Gasteiger partial charge is 0.197 e. The fraction of sp³-hybridized carbons (Fsp3) is 0.400. The number of rotatable bonds is 1. The minimum atomic E-state index is 0.196. The second-order valence-electron chi connectivity index (χ2n) is 3.69. The van der Waals surface area contributed by atoms with Crippen LogP contribution in [0.2, 0.25) is 0 Å². The van der Waals surface area contributed by atoms with Crippen molar-refractivity contribution in [2.24, 2.45) is 0 Å². The quantitative estimate of drug-likeness (QED) is 0.795. The minimum Gasteiger partial charge on any atom is -0.504 e.